The monoisotopic (exact) mass is 153 g/mol. The molecule has 0 aliphatic heterocycles. The van der Waals surface area contributed by atoms with Crippen molar-refractivity contribution in [2.45, 2.75) is 0 Å². The van der Waals surface area contributed by atoms with Crippen molar-refractivity contribution < 1.29 is 16.8 Å². The summed E-state index contributed by atoms with van der Waals surface area (Å²) in [4.78, 5) is 6.72. The molecule has 1 N–H and O–H groups in total. The van der Waals surface area contributed by atoms with Gasteiger partial charge in [0.1, 0.15) is 5.82 Å². The van der Waals surface area contributed by atoms with Crippen molar-refractivity contribution in [2.75, 3.05) is 0 Å². The number of nitrogens with one attached hydrogen (secondary N) is 1. The number of imidazole rings is 1. The maximum atomic E-state index is 3.86. The summed E-state index contributed by atoms with van der Waals surface area (Å²) in [6.07, 6.45) is 5.12. The van der Waals surface area contributed by atoms with E-state index in [1.54, 1.807) is 18.5 Å². The minimum absolute atomic E-state index is 0. The average Bonchev–Trinajstić information content (AvgIpc) is 2.14. The zero-order chi connectivity index (χ0) is 5.11. The molecule has 0 spiro atoms. The van der Waals surface area contributed by atoms with Crippen LogP contribution in [0.3, 0.4) is 0 Å². The van der Waals surface area contributed by atoms with Gasteiger partial charge in [-0.05, 0) is 6.08 Å². The van der Waals surface area contributed by atoms with Gasteiger partial charge in [-0.15, -0.1) is 0 Å². The third-order valence-electron chi connectivity index (χ3n) is 0.713. The summed E-state index contributed by atoms with van der Waals surface area (Å²) < 4.78 is 0. The number of rotatable bonds is 1. The molecule has 1 aromatic heterocycles. The van der Waals surface area contributed by atoms with Crippen LogP contribution in [0.4, 0.5) is 0 Å². The minimum Gasteiger partial charge on any atom is -0.345 e. The summed E-state index contributed by atoms with van der Waals surface area (Å²) in [5.74, 6) is 0.819. The summed E-state index contributed by atoms with van der Waals surface area (Å²) in [5, 5.41) is 0. The molecular weight excluding hydrogens is 147 g/mol. The molecule has 1 aromatic rings. The maximum absolute atomic E-state index is 3.86. The summed E-state index contributed by atoms with van der Waals surface area (Å²) in [7, 11) is 0. The Morgan fingerprint density at radius 1 is 1.75 bits per heavy atom. The number of hydrogen-bond acceptors (Lipinski definition) is 1. The van der Waals surface area contributed by atoms with E-state index in [2.05, 4.69) is 16.5 Å². The molecule has 0 fully saturated rings. The standard InChI is InChI=1S/C5H6N2.Co/c1-2-5-6-3-4-7-5;/h2-4H,1H2,(H,6,7);. The molecule has 0 amide bonds. The first-order chi connectivity index (χ1) is 3.43. The fourth-order valence-corrected chi connectivity index (χ4v) is 0.389. The predicted octanol–water partition coefficient (Wildman–Crippen LogP) is 1.05. The van der Waals surface area contributed by atoms with Gasteiger partial charge in [0.2, 0.25) is 0 Å². The van der Waals surface area contributed by atoms with E-state index in [1.807, 2.05) is 0 Å². The Hall–Kier alpha value is -0.544. The Morgan fingerprint density at radius 2 is 2.50 bits per heavy atom. The van der Waals surface area contributed by atoms with Gasteiger partial charge in [-0.3, -0.25) is 0 Å². The van der Waals surface area contributed by atoms with E-state index >= 15 is 0 Å². The van der Waals surface area contributed by atoms with Crippen LogP contribution in [0.15, 0.2) is 19.0 Å². The molecule has 0 bridgehead atoms. The molecule has 3 heteroatoms. The topological polar surface area (TPSA) is 28.7 Å². The van der Waals surface area contributed by atoms with Crippen molar-refractivity contribution in [1.29, 1.82) is 0 Å². The van der Waals surface area contributed by atoms with Gasteiger partial charge in [0.05, 0.1) is 0 Å². The van der Waals surface area contributed by atoms with Crippen LogP contribution in [0.25, 0.3) is 6.08 Å². The molecule has 8 heavy (non-hydrogen) atoms. The van der Waals surface area contributed by atoms with Gasteiger partial charge in [-0.2, -0.15) is 0 Å². The Morgan fingerprint density at radius 3 is 2.75 bits per heavy atom. The smallest absolute Gasteiger partial charge is 0.129 e. The fraction of sp³-hybridized carbons (Fsp3) is 0. The van der Waals surface area contributed by atoms with Crippen LogP contribution in [-0.2, 0) is 16.8 Å². The van der Waals surface area contributed by atoms with Crippen LogP contribution in [0.1, 0.15) is 5.82 Å². The molecule has 0 atom stereocenters. The van der Waals surface area contributed by atoms with Crippen molar-refractivity contribution in [3.8, 4) is 0 Å². The van der Waals surface area contributed by atoms with E-state index in [4.69, 9.17) is 0 Å². The van der Waals surface area contributed by atoms with Gasteiger partial charge in [-0.25, -0.2) is 4.98 Å². The summed E-state index contributed by atoms with van der Waals surface area (Å²) in [6.45, 7) is 3.51. The van der Waals surface area contributed by atoms with Crippen LogP contribution in [0.2, 0.25) is 0 Å². The van der Waals surface area contributed by atoms with Gasteiger partial charge >= 0.3 is 0 Å². The van der Waals surface area contributed by atoms with Crippen LogP contribution >= 0.6 is 0 Å². The first kappa shape index (κ1) is 7.46. The normalized spacial score (nSPS) is 7.50. The average molecular weight is 153 g/mol. The quantitative estimate of drug-likeness (QED) is 0.641. The number of hydrogen-bond donors (Lipinski definition) is 1. The summed E-state index contributed by atoms with van der Waals surface area (Å²) in [6, 6.07) is 0. The number of aromatic nitrogens is 2. The van der Waals surface area contributed by atoms with Crippen molar-refractivity contribution >= 4 is 6.08 Å². The predicted molar refractivity (Wildman–Crippen MR) is 28.7 cm³/mol. The van der Waals surface area contributed by atoms with E-state index in [9.17, 15) is 0 Å². The second-order valence-corrected chi connectivity index (χ2v) is 1.18. The van der Waals surface area contributed by atoms with Gasteiger partial charge < -0.3 is 4.98 Å². The molecule has 0 aliphatic rings. The first-order valence-corrected chi connectivity index (χ1v) is 2.05. The molecule has 1 heterocycles. The second kappa shape index (κ2) is 3.46. The Bertz CT molecular complexity index is 145. The first-order valence-electron chi connectivity index (χ1n) is 2.05. The Kier molecular flexibility index (Phi) is 3.22. The van der Waals surface area contributed by atoms with Crippen LogP contribution < -0.4 is 0 Å². The molecule has 1 radical (unpaired) electrons. The van der Waals surface area contributed by atoms with Crippen molar-refractivity contribution in [3.63, 3.8) is 0 Å². The summed E-state index contributed by atoms with van der Waals surface area (Å²) in [5.41, 5.74) is 0. The van der Waals surface area contributed by atoms with Gasteiger partial charge in [0.25, 0.3) is 0 Å². The van der Waals surface area contributed by atoms with E-state index in [-0.39, 0.29) is 16.8 Å². The van der Waals surface area contributed by atoms with Crippen LogP contribution in [0, 0.1) is 0 Å². The molecule has 0 saturated carbocycles. The maximum Gasteiger partial charge on any atom is 0.129 e. The fourth-order valence-electron chi connectivity index (χ4n) is 0.389. The molecule has 0 aliphatic carbocycles. The molecule has 0 aromatic carbocycles. The van der Waals surface area contributed by atoms with Crippen LogP contribution in [0.5, 0.6) is 0 Å². The SMILES string of the molecule is C=Cc1ncc[nH]1.[Co]. The Labute approximate surface area is 58.2 Å². The molecule has 45 valence electrons. The largest absolute Gasteiger partial charge is 0.345 e. The van der Waals surface area contributed by atoms with Gasteiger partial charge in [0, 0.05) is 29.2 Å². The Balaban J connectivity index is 0.000000490. The minimum atomic E-state index is 0. The van der Waals surface area contributed by atoms with Crippen LogP contribution in [-0.4, -0.2) is 9.97 Å². The second-order valence-electron chi connectivity index (χ2n) is 1.18. The molecular formula is C5H6CoN2. The zero-order valence-electron chi connectivity index (χ0n) is 4.22. The molecule has 1 rings (SSSR count). The molecule has 0 saturated heterocycles. The number of aromatic amines is 1. The third-order valence-corrected chi connectivity index (χ3v) is 0.713. The van der Waals surface area contributed by atoms with Gasteiger partial charge in [0.15, 0.2) is 0 Å². The molecule has 0 unspecified atom stereocenters. The van der Waals surface area contributed by atoms with Gasteiger partial charge in [-0.1, -0.05) is 6.58 Å². The van der Waals surface area contributed by atoms with Crippen molar-refractivity contribution in [1.82, 2.24) is 9.97 Å². The third kappa shape index (κ3) is 1.52. The zero-order valence-corrected chi connectivity index (χ0v) is 5.26. The number of nitrogens with zero attached hydrogens (tertiary/aromatic N) is 1. The van der Waals surface area contributed by atoms with E-state index < -0.39 is 0 Å². The van der Waals surface area contributed by atoms with E-state index in [0.717, 1.165) is 5.82 Å². The van der Waals surface area contributed by atoms with Crippen molar-refractivity contribution in [3.05, 3.63) is 24.8 Å². The van der Waals surface area contributed by atoms with E-state index in [0.29, 0.717) is 0 Å². The van der Waals surface area contributed by atoms with Crippen molar-refractivity contribution in [2.24, 2.45) is 0 Å². The van der Waals surface area contributed by atoms with E-state index in [1.165, 1.54) is 0 Å². The molecule has 2 nitrogen and oxygen atoms in total. The number of H-pyrrole nitrogens is 1. The summed E-state index contributed by atoms with van der Waals surface area (Å²) >= 11 is 0.